The summed E-state index contributed by atoms with van der Waals surface area (Å²) in [6.45, 7) is 8.76. The van der Waals surface area contributed by atoms with Crippen LogP contribution in [0.25, 0.3) is 0 Å². The molecule has 5 heteroatoms. The van der Waals surface area contributed by atoms with Gasteiger partial charge in [0, 0.05) is 38.7 Å². The van der Waals surface area contributed by atoms with Gasteiger partial charge in [0.05, 0.1) is 6.61 Å². The number of nitrogens with one attached hydrogen (secondary N) is 1. The first-order valence-corrected chi connectivity index (χ1v) is 6.47. The Balaban J connectivity index is 3.62. The highest BCUT2D eigenvalue weighted by atomic mass is 16.5. The molecule has 1 amide bonds. The van der Waals surface area contributed by atoms with Crippen molar-refractivity contribution in [1.82, 2.24) is 10.2 Å². The molecule has 0 fully saturated rings. The quantitative estimate of drug-likeness (QED) is 0.379. The second-order valence-corrected chi connectivity index (χ2v) is 3.67. The molecule has 104 valence electrons. The van der Waals surface area contributed by atoms with E-state index < -0.39 is 0 Å². The van der Waals surface area contributed by atoms with Crippen molar-refractivity contribution in [3.05, 3.63) is 12.2 Å². The van der Waals surface area contributed by atoms with Crippen LogP contribution in [0, 0.1) is 0 Å². The Bertz CT molecular complexity index is 273. The van der Waals surface area contributed by atoms with E-state index in [1.54, 1.807) is 17.9 Å². The molecule has 0 aromatic carbocycles. The zero-order valence-corrected chi connectivity index (χ0v) is 11.6. The Kier molecular flexibility index (Phi) is 9.96. The van der Waals surface area contributed by atoms with Crippen LogP contribution in [0.2, 0.25) is 0 Å². The van der Waals surface area contributed by atoms with E-state index >= 15 is 0 Å². The molecule has 0 unspecified atom stereocenters. The van der Waals surface area contributed by atoms with E-state index in [-0.39, 0.29) is 11.9 Å². The van der Waals surface area contributed by atoms with Gasteiger partial charge in [-0.15, -0.1) is 0 Å². The number of hydrogen-bond donors (Lipinski definition) is 1. The minimum atomic E-state index is -0.335. The van der Waals surface area contributed by atoms with Crippen molar-refractivity contribution in [2.45, 2.75) is 27.2 Å². The second kappa shape index (κ2) is 10.8. The number of carbonyl (C=O) groups is 2. The van der Waals surface area contributed by atoms with Gasteiger partial charge in [0.1, 0.15) is 0 Å². The fourth-order valence-corrected chi connectivity index (χ4v) is 1.46. The average molecular weight is 256 g/mol. The molecule has 0 saturated heterocycles. The first-order chi connectivity index (χ1) is 8.65. The molecule has 1 N–H and O–H groups in total. The van der Waals surface area contributed by atoms with Gasteiger partial charge in [0.2, 0.25) is 5.91 Å². The predicted molar refractivity (Wildman–Crippen MR) is 71.2 cm³/mol. The van der Waals surface area contributed by atoms with Crippen LogP contribution in [0.15, 0.2) is 12.2 Å². The summed E-state index contributed by atoms with van der Waals surface area (Å²) < 4.78 is 4.73. The summed E-state index contributed by atoms with van der Waals surface area (Å²) in [5, 5.41) is 3.07. The zero-order valence-electron chi connectivity index (χ0n) is 11.6. The third-order valence-corrected chi connectivity index (χ3v) is 2.43. The number of hydrogen-bond acceptors (Lipinski definition) is 4. The summed E-state index contributed by atoms with van der Waals surface area (Å²) in [6, 6.07) is 0. The van der Waals surface area contributed by atoms with Gasteiger partial charge < -0.3 is 15.0 Å². The summed E-state index contributed by atoms with van der Waals surface area (Å²) in [6.07, 6.45) is 3.57. The van der Waals surface area contributed by atoms with Crippen LogP contribution in [0.4, 0.5) is 0 Å². The maximum atomic E-state index is 11.6. The Morgan fingerprint density at radius 1 is 1.22 bits per heavy atom. The van der Waals surface area contributed by atoms with Gasteiger partial charge in [-0.05, 0) is 20.8 Å². The number of amides is 1. The van der Waals surface area contributed by atoms with Crippen LogP contribution in [0.5, 0.6) is 0 Å². The van der Waals surface area contributed by atoms with E-state index in [9.17, 15) is 9.59 Å². The highest BCUT2D eigenvalue weighted by Crippen LogP contribution is 1.92. The molecule has 18 heavy (non-hydrogen) atoms. The molecule has 0 radical (unpaired) electrons. The molecular weight excluding hydrogens is 232 g/mol. The van der Waals surface area contributed by atoms with Gasteiger partial charge in [-0.2, -0.15) is 0 Å². The summed E-state index contributed by atoms with van der Waals surface area (Å²) in [4.78, 5) is 24.4. The lowest BCUT2D eigenvalue weighted by molar-refractivity contribution is -0.137. The van der Waals surface area contributed by atoms with Crippen molar-refractivity contribution < 1.29 is 14.3 Å². The summed E-state index contributed by atoms with van der Waals surface area (Å²) in [5.41, 5.74) is 0. The fourth-order valence-electron chi connectivity index (χ4n) is 1.46. The predicted octanol–water partition coefficient (Wildman–Crippen LogP) is 0.954. The molecular formula is C13H24N2O3. The van der Waals surface area contributed by atoms with Gasteiger partial charge in [0.15, 0.2) is 0 Å². The molecule has 0 aliphatic heterocycles. The van der Waals surface area contributed by atoms with Crippen LogP contribution >= 0.6 is 0 Å². The number of nitrogens with zero attached hydrogens (tertiary/aromatic N) is 1. The molecule has 0 saturated carbocycles. The maximum absolute atomic E-state index is 11.6. The molecule has 0 heterocycles. The fraction of sp³-hybridized carbons (Fsp3) is 0.692. The number of esters is 1. The summed E-state index contributed by atoms with van der Waals surface area (Å²) in [7, 11) is 0. The molecule has 0 aromatic rings. The minimum Gasteiger partial charge on any atom is -0.463 e. The average Bonchev–Trinajstić information content (AvgIpc) is 2.35. The number of carbonyl (C=O) groups excluding carboxylic acids is 2. The highest BCUT2D eigenvalue weighted by molar-refractivity contribution is 5.81. The van der Waals surface area contributed by atoms with Crippen molar-refractivity contribution in [2.24, 2.45) is 0 Å². The van der Waals surface area contributed by atoms with E-state index in [0.29, 0.717) is 26.1 Å². The summed E-state index contributed by atoms with van der Waals surface area (Å²) in [5.74, 6) is -0.180. The third kappa shape index (κ3) is 7.84. The molecule has 0 atom stereocenters. The van der Waals surface area contributed by atoms with Gasteiger partial charge in [-0.25, -0.2) is 4.79 Å². The second-order valence-electron chi connectivity index (χ2n) is 3.67. The molecule has 0 aromatic heterocycles. The van der Waals surface area contributed by atoms with E-state index in [4.69, 9.17) is 4.74 Å². The van der Waals surface area contributed by atoms with E-state index in [1.807, 2.05) is 13.8 Å². The molecule has 0 bridgehead atoms. The lowest BCUT2D eigenvalue weighted by atomic mass is 10.3. The SMILES string of the molecule is CCOC(=O)/C=C/CNCCC(=O)N(CC)CC. The van der Waals surface area contributed by atoms with Crippen LogP contribution in [0.1, 0.15) is 27.2 Å². The van der Waals surface area contributed by atoms with E-state index in [2.05, 4.69) is 5.32 Å². The van der Waals surface area contributed by atoms with Crippen molar-refractivity contribution in [3.8, 4) is 0 Å². The Morgan fingerprint density at radius 2 is 1.89 bits per heavy atom. The largest absolute Gasteiger partial charge is 0.463 e. The van der Waals surface area contributed by atoms with Crippen molar-refractivity contribution in [1.29, 1.82) is 0 Å². The molecule has 0 spiro atoms. The van der Waals surface area contributed by atoms with Crippen molar-refractivity contribution >= 4 is 11.9 Å². The highest BCUT2D eigenvalue weighted by Gasteiger charge is 2.07. The van der Waals surface area contributed by atoms with Crippen LogP contribution in [0.3, 0.4) is 0 Å². The third-order valence-electron chi connectivity index (χ3n) is 2.43. The van der Waals surface area contributed by atoms with E-state index in [0.717, 1.165) is 13.1 Å². The maximum Gasteiger partial charge on any atom is 0.330 e. The lowest BCUT2D eigenvalue weighted by Gasteiger charge is -2.18. The van der Waals surface area contributed by atoms with Gasteiger partial charge in [-0.1, -0.05) is 6.08 Å². The molecule has 0 aliphatic rings. The Labute approximate surface area is 109 Å². The van der Waals surface area contributed by atoms with Crippen molar-refractivity contribution in [2.75, 3.05) is 32.8 Å². The van der Waals surface area contributed by atoms with Crippen LogP contribution in [-0.4, -0.2) is 49.6 Å². The Morgan fingerprint density at radius 3 is 2.44 bits per heavy atom. The number of rotatable bonds is 9. The Hall–Kier alpha value is -1.36. The molecule has 5 nitrogen and oxygen atoms in total. The van der Waals surface area contributed by atoms with E-state index in [1.165, 1.54) is 6.08 Å². The molecule has 0 rings (SSSR count). The van der Waals surface area contributed by atoms with Gasteiger partial charge in [0.25, 0.3) is 0 Å². The first kappa shape index (κ1) is 16.6. The lowest BCUT2D eigenvalue weighted by Crippen LogP contribution is -2.32. The molecule has 0 aliphatic carbocycles. The minimum absolute atomic E-state index is 0.155. The van der Waals surface area contributed by atoms with Gasteiger partial charge in [-0.3, -0.25) is 4.79 Å². The normalized spacial score (nSPS) is 10.6. The number of ether oxygens (including phenoxy) is 1. The topological polar surface area (TPSA) is 58.6 Å². The van der Waals surface area contributed by atoms with Crippen LogP contribution < -0.4 is 5.32 Å². The standard InChI is InChI=1S/C13H24N2O3/c1-4-15(5-2)12(16)9-11-14-10-7-8-13(17)18-6-3/h7-8,14H,4-6,9-11H2,1-3H3/b8-7+. The van der Waals surface area contributed by atoms with Gasteiger partial charge >= 0.3 is 5.97 Å². The monoisotopic (exact) mass is 256 g/mol. The van der Waals surface area contributed by atoms with Crippen molar-refractivity contribution in [3.63, 3.8) is 0 Å². The smallest absolute Gasteiger partial charge is 0.330 e. The summed E-state index contributed by atoms with van der Waals surface area (Å²) >= 11 is 0. The first-order valence-electron chi connectivity index (χ1n) is 6.47. The van der Waals surface area contributed by atoms with Crippen LogP contribution in [-0.2, 0) is 14.3 Å². The zero-order chi connectivity index (χ0) is 13.8.